The predicted octanol–water partition coefficient (Wildman–Crippen LogP) is -0.237. The summed E-state index contributed by atoms with van der Waals surface area (Å²) in [5.41, 5.74) is 10.3. The van der Waals surface area contributed by atoms with Gasteiger partial charge >= 0.3 is 0 Å². The molecule has 4 heteroatoms. The van der Waals surface area contributed by atoms with E-state index in [0.29, 0.717) is 12.8 Å². The van der Waals surface area contributed by atoms with Crippen LogP contribution in [0, 0.1) is 11.8 Å². The molecule has 4 N–H and O–H groups in total. The highest BCUT2D eigenvalue weighted by Crippen LogP contribution is 2.29. The van der Waals surface area contributed by atoms with E-state index in [1.54, 1.807) is 0 Å². The summed E-state index contributed by atoms with van der Waals surface area (Å²) in [4.78, 5) is 21.8. The quantitative estimate of drug-likeness (QED) is 0.599. The number of amides is 2. The van der Waals surface area contributed by atoms with E-state index >= 15 is 0 Å². The van der Waals surface area contributed by atoms with Crippen LogP contribution in [0.2, 0.25) is 0 Å². The Morgan fingerprint density at radius 3 is 1.50 bits per heavy atom. The van der Waals surface area contributed by atoms with Crippen molar-refractivity contribution in [2.45, 2.75) is 25.7 Å². The fraction of sp³-hybridized carbons (Fsp3) is 0.750. The summed E-state index contributed by atoms with van der Waals surface area (Å²) in [6.45, 7) is 0. The fourth-order valence-corrected chi connectivity index (χ4v) is 1.81. The predicted molar refractivity (Wildman–Crippen MR) is 43.8 cm³/mol. The Labute approximate surface area is 71.3 Å². The van der Waals surface area contributed by atoms with Crippen LogP contribution in [-0.2, 0) is 9.59 Å². The van der Waals surface area contributed by atoms with Crippen LogP contribution in [-0.4, -0.2) is 11.8 Å². The lowest BCUT2D eigenvalue weighted by Gasteiger charge is -2.26. The van der Waals surface area contributed by atoms with Crippen molar-refractivity contribution >= 4 is 11.8 Å². The Balaban J connectivity index is 2.67. The molecule has 2 amide bonds. The van der Waals surface area contributed by atoms with Gasteiger partial charge in [0.15, 0.2) is 0 Å². The summed E-state index contributed by atoms with van der Waals surface area (Å²) in [6, 6.07) is 0. The van der Waals surface area contributed by atoms with Crippen LogP contribution in [0.3, 0.4) is 0 Å². The maximum Gasteiger partial charge on any atom is 0.221 e. The lowest BCUT2D eigenvalue weighted by atomic mass is 9.78. The standard InChI is InChI=1S/C8H14N2O2/c9-7(11)5-3-1-2-4-6(5)8(10)12/h5-6H,1-4H2,(H2,9,11)(H2,10,12)/t5-,6?/m0/s1. The van der Waals surface area contributed by atoms with Gasteiger partial charge in [0.05, 0.1) is 0 Å². The van der Waals surface area contributed by atoms with Gasteiger partial charge in [0, 0.05) is 11.8 Å². The number of rotatable bonds is 2. The van der Waals surface area contributed by atoms with Gasteiger partial charge in [-0.05, 0) is 12.8 Å². The van der Waals surface area contributed by atoms with Gasteiger partial charge < -0.3 is 11.5 Å². The van der Waals surface area contributed by atoms with Crippen molar-refractivity contribution in [1.29, 1.82) is 0 Å². The third-order valence-corrected chi connectivity index (χ3v) is 2.50. The van der Waals surface area contributed by atoms with Crippen LogP contribution in [0.5, 0.6) is 0 Å². The van der Waals surface area contributed by atoms with Gasteiger partial charge in [-0.2, -0.15) is 0 Å². The summed E-state index contributed by atoms with van der Waals surface area (Å²) >= 11 is 0. The second-order valence-corrected chi connectivity index (χ2v) is 3.30. The number of carbonyl (C=O) groups excluding carboxylic acids is 2. The van der Waals surface area contributed by atoms with Crippen LogP contribution in [0.1, 0.15) is 25.7 Å². The number of hydrogen-bond acceptors (Lipinski definition) is 2. The lowest BCUT2D eigenvalue weighted by Crippen LogP contribution is -2.39. The summed E-state index contributed by atoms with van der Waals surface area (Å²) < 4.78 is 0. The van der Waals surface area contributed by atoms with Gasteiger partial charge in [-0.25, -0.2) is 0 Å². The lowest BCUT2D eigenvalue weighted by molar-refractivity contribution is -0.133. The van der Waals surface area contributed by atoms with E-state index in [1.807, 2.05) is 0 Å². The second kappa shape index (κ2) is 3.56. The maximum atomic E-state index is 10.9. The van der Waals surface area contributed by atoms with Gasteiger partial charge in [0.2, 0.25) is 11.8 Å². The van der Waals surface area contributed by atoms with Crippen molar-refractivity contribution in [2.24, 2.45) is 23.3 Å². The topological polar surface area (TPSA) is 86.2 Å². The first kappa shape index (κ1) is 9.03. The van der Waals surface area contributed by atoms with E-state index in [1.165, 1.54) is 0 Å². The molecule has 0 aliphatic heterocycles. The summed E-state index contributed by atoms with van der Waals surface area (Å²) in [5.74, 6) is -1.43. The van der Waals surface area contributed by atoms with Crippen molar-refractivity contribution in [3.05, 3.63) is 0 Å². The Kier molecular flexibility index (Phi) is 2.68. The van der Waals surface area contributed by atoms with Crippen molar-refractivity contribution in [1.82, 2.24) is 0 Å². The molecule has 0 spiro atoms. The molecule has 68 valence electrons. The molecule has 1 rings (SSSR count). The number of primary amides is 2. The SMILES string of the molecule is NC(=O)C1CCCC[C@@H]1C(N)=O. The first-order chi connectivity index (χ1) is 5.63. The zero-order chi connectivity index (χ0) is 9.14. The molecule has 0 heterocycles. The van der Waals surface area contributed by atoms with E-state index in [2.05, 4.69) is 0 Å². The minimum absolute atomic E-state index is 0.323. The van der Waals surface area contributed by atoms with Crippen molar-refractivity contribution in [2.75, 3.05) is 0 Å². The van der Waals surface area contributed by atoms with E-state index < -0.39 is 11.8 Å². The second-order valence-electron chi connectivity index (χ2n) is 3.30. The molecule has 0 bridgehead atoms. The molecule has 1 unspecified atom stereocenters. The first-order valence-corrected chi connectivity index (χ1v) is 4.21. The van der Waals surface area contributed by atoms with E-state index in [-0.39, 0.29) is 11.8 Å². The summed E-state index contributed by atoms with van der Waals surface area (Å²) in [6.07, 6.45) is 3.36. The molecule has 1 aliphatic rings. The van der Waals surface area contributed by atoms with E-state index in [0.717, 1.165) is 12.8 Å². The molecule has 1 aliphatic carbocycles. The van der Waals surface area contributed by atoms with Crippen molar-refractivity contribution < 1.29 is 9.59 Å². The summed E-state index contributed by atoms with van der Waals surface area (Å²) in [7, 11) is 0. The summed E-state index contributed by atoms with van der Waals surface area (Å²) in [5, 5.41) is 0. The van der Waals surface area contributed by atoms with Crippen LogP contribution < -0.4 is 11.5 Å². The molecular weight excluding hydrogens is 156 g/mol. The van der Waals surface area contributed by atoms with Crippen LogP contribution in [0.15, 0.2) is 0 Å². The zero-order valence-electron chi connectivity index (χ0n) is 6.95. The number of hydrogen-bond donors (Lipinski definition) is 2. The van der Waals surface area contributed by atoms with Gasteiger partial charge in [-0.15, -0.1) is 0 Å². The highest BCUT2D eigenvalue weighted by atomic mass is 16.2. The van der Waals surface area contributed by atoms with Gasteiger partial charge in [-0.3, -0.25) is 9.59 Å². The molecule has 1 saturated carbocycles. The molecule has 0 aromatic rings. The molecule has 2 atom stereocenters. The first-order valence-electron chi connectivity index (χ1n) is 4.21. The molecule has 0 aromatic carbocycles. The minimum Gasteiger partial charge on any atom is -0.369 e. The number of nitrogens with two attached hydrogens (primary N) is 2. The van der Waals surface area contributed by atoms with E-state index in [9.17, 15) is 9.59 Å². The third kappa shape index (κ3) is 1.75. The van der Waals surface area contributed by atoms with Crippen molar-refractivity contribution in [3.63, 3.8) is 0 Å². The van der Waals surface area contributed by atoms with Gasteiger partial charge in [-0.1, -0.05) is 12.8 Å². The molecule has 0 radical (unpaired) electrons. The molecule has 0 saturated heterocycles. The molecule has 0 aromatic heterocycles. The Hall–Kier alpha value is -1.06. The maximum absolute atomic E-state index is 10.9. The Morgan fingerprint density at radius 1 is 0.917 bits per heavy atom. The smallest absolute Gasteiger partial charge is 0.221 e. The third-order valence-electron chi connectivity index (χ3n) is 2.50. The molecular formula is C8H14N2O2. The highest BCUT2D eigenvalue weighted by molar-refractivity contribution is 5.86. The van der Waals surface area contributed by atoms with Crippen LogP contribution in [0.25, 0.3) is 0 Å². The zero-order valence-corrected chi connectivity index (χ0v) is 6.95. The average molecular weight is 170 g/mol. The van der Waals surface area contributed by atoms with Gasteiger partial charge in [0.25, 0.3) is 0 Å². The fourth-order valence-electron chi connectivity index (χ4n) is 1.81. The number of carbonyl (C=O) groups is 2. The molecule has 1 fully saturated rings. The molecule has 4 nitrogen and oxygen atoms in total. The monoisotopic (exact) mass is 170 g/mol. The van der Waals surface area contributed by atoms with Crippen LogP contribution in [0.4, 0.5) is 0 Å². The molecule has 12 heavy (non-hydrogen) atoms. The highest BCUT2D eigenvalue weighted by Gasteiger charge is 2.32. The van der Waals surface area contributed by atoms with Crippen molar-refractivity contribution in [3.8, 4) is 0 Å². The van der Waals surface area contributed by atoms with Gasteiger partial charge in [0.1, 0.15) is 0 Å². The Bertz CT molecular complexity index is 181. The minimum atomic E-state index is -0.390. The largest absolute Gasteiger partial charge is 0.369 e. The normalized spacial score (nSPS) is 29.7. The average Bonchev–Trinajstić information content (AvgIpc) is 2.04. The Morgan fingerprint density at radius 2 is 1.25 bits per heavy atom. The van der Waals surface area contributed by atoms with Crippen LogP contribution >= 0.6 is 0 Å². The van der Waals surface area contributed by atoms with E-state index in [4.69, 9.17) is 11.5 Å².